The van der Waals surface area contributed by atoms with E-state index in [0.717, 1.165) is 49.1 Å². The number of fused-ring (bicyclic) bond motifs is 1. The predicted molar refractivity (Wildman–Crippen MR) is 75.2 cm³/mol. The van der Waals surface area contributed by atoms with Crippen molar-refractivity contribution in [2.45, 2.75) is 25.8 Å². The fourth-order valence-corrected chi connectivity index (χ4v) is 4.22. The number of hydrogen-bond acceptors (Lipinski definition) is 3. The Hall–Kier alpha value is -0.880. The summed E-state index contributed by atoms with van der Waals surface area (Å²) in [6.45, 7) is 2.59. The Morgan fingerprint density at radius 2 is 2.47 bits per heavy atom. The van der Waals surface area contributed by atoms with Crippen molar-refractivity contribution in [2.24, 2.45) is 24.1 Å². The van der Waals surface area contributed by atoms with Crippen LogP contribution in [0, 0.1) is 11.3 Å². The van der Waals surface area contributed by atoms with Crippen LogP contribution in [0.1, 0.15) is 25.0 Å². The Kier molecular flexibility index (Phi) is 3.17. The lowest BCUT2D eigenvalue weighted by Gasteiger charge is -2.24. The van der Waals surface area contributed by atoms with Crippen molar-refractivity contribution < 1.29 is 4.79 Å². The number of nitrogens with two attached hydrogens (primary N) is 1. The van der Waals surface area contributed by atoms with Crippen molar-refractivity contribution >= 4 is 21.8 Å². The van der Waals surface area contributed by atoms with Crippen LogP contribution in [0.4, 0.5) is 0 Å². The van der Waals surface area contributed by atoms with Crippen LogP contribution in [0.3, 0.4) is 0 Å². The summed E-state index contributed by atoms with van der Waals surface area (Å²) in [6.07, 6.45) is 5.04. The lowest BCUT2D eigenvalue weighted by Crippen LogP contribution is -2.40. The lowest BCUT2D eigenvalue weighted by molar-refractivity contribution is -0.128. The molecule has 19 heavy (non-hydrogen) atoms. The predicted octanol–water partition coefficient (Wildman–Crippen LogP) is 1.27. The highest BCUT2D eigenvalue weighted by Crippen LogP contribution is 2.48. The van der Waals surface area contributed by atoms with Gasteiger partial charge in [0.1, 0.15) is 0 Å². The molecular formula is C13H19BrN4O. The summed E-state index contributed by atoms with van der Waals surface area (Å²) in [7, 11) is 1.95. The average molecular weight is 327 g/mol. The van der Waals surface area contributed by atoms with Crippen molar-refractivity contribution in [3.05, 3.63) is 16.4 Å². The molecular weight excluding hydrogens is 308 g/mol. The molecule has 1 aromatic rings. The minimum absolute atomic E-state index is 0.110. The van der Waals surface area contributed by atoms with Gasteiger partial charge in [-0.2, -0.15) is 5.10 Å². The molecule has 2 fully saturated rings. The number of nitrogens with zero attached hydrogens (tertiary/aromatic N) is 3. The number of primary amides is 1. The van der Waals surface area contributed by atoms with Gasteiger partial charge in [-0.3, -0.25) is 14.4 Å². The van der Waals surface area contributed by atoms with Crippen LogP contribution < -0.4 is 5.73 Å². The topological polar surface area (TPSA) is 64.2 Å². The van der Waals surface area contributed by atoms with E-state index in [0.29, 0.717) is 5.92 Å². The summed E-state index contributed by atoms with van der Waals surface area (Å²) in [4.78, 5) is 14.2. The number of amides is 1. The largest absolute Gasteiger partial charge is 0.369 e. The van der Waals surface area contributed by atoms with Gasteiger partial charge in [-0.1, -0.05) is 6.42 Å². The monoisotopic (exact) mass is 326 g/mol. The number of halogens is 1. The highest BCUT2D eigenvalue weighted by molar-refractivity contribution is 9.10. The van der Waals surface area contributed by atoms with Gasteiger partial charge in [0.2, 0.25) is 5.91 Å². The van der Waals surface area contributed by atoms with Gasteiger partial charge in [0.25, 0.3) is 0 Å². The number of rotatable bonds is 3. The summed E-state index contributed by atoms with van der Waals surface area (Å²) < 4.78 is 2.91. The van der Waals surface area contributed by atoms with E-state index in [-0.39, 0.29) is 11.3 Å². The van der Waals surface area contributed by atoms with E-state index in [1.807, 2.05) is 17.9 Å². The van der Waals surface area contributed by atoms with Crippen LogP contribution >= 0.6 is 15.9 Å². The molecule has 0 unspecified atom stereocenters. The van der Waals surface area contributed by atoms with E-state index in [1.165, 1.54) is 0 Å². The van der Waals surface area contributed by atoms with E-state index >= 15 is 0 Å². The van der Waals surface area contributed by atoms with Gasteiger partial charge in [-0.05, 0) is 34.7 Å². The summed E-state index contributed by atoms with van der Waals surface area (Å²) >= 11 is 3.53. The second kappa shape index (κ2) is 4.59. The first-order chi connectivity index (χ1) is 9.03. The standard InChI is InChI=1S/C13H19BrN4O/c1-17-11(10(14)5-16-17)7-18-6-9-3-2-4-13(9,8-18)12(15)19/h5,9H,2-4,6-8H2,1H3,(H2,15,19)/t9-,13-/m0/s1. The molecule has 1 aliphatic carbocycles. The number of carbonyl (C=O) groups is 1. The van der Waals surface area contributed by atoms with Gasteiger partial charge in [0.05, 0.1) is 21.8 Å². The van der Waals surface area contributed by atoms with E-state index in [4.69, 9.17) is 5.73 Å². The lowest BCUT2D eigenvalue weighted by atomic mass is 9.80. The Morgan fingerprint density at radius 3 is 3.05 bits per heavy atom. The molecule has 2 aliphatic rings. The van der Waals surface area contributed by atoms with Crippen LogP contribution in [0.2, 0.25) is 0 Å². The normalized spacial score (nSPS) is 30.7. The first kappa shape index (κ1) is 13.1. The Labute approximate surface area is 121 Å². The molecule has 0 aromatic carbocycles. The Balaban J connectivity index is 1.78. The van der Waals surface area contributed by atoms with Gasteiger partial charge in [-0.15, -0.1) is 0 Å². The first-order valence-corrected chi connectivity index (χ1v) is 7.51. The minimum Gasteiger partial charge on any atom is -0.369 e. The highest BCUT2D eigenvalue weighted by atomic mass is 79.9. The fraction of sp³-hybridized carbons (Fsp3) is 0.692. The zero-order valence-electron chi connectivity index (χ0n) is 11.1. The number of hydrogen-bond donors (Lipinski definition) is 1. The van der Waals surface area contributed by atoms with E-state index in [9.17, 15) is 4.79 Å². The maximum absolute atomic E-state index is 11.9. The smallest absolute Gasteiger partial charge is 0.225 e. The minimum atomic E-state index is -0.273. The highest BCUT2D eigenvalue weighted by Gasteiger charge is 2.53. The summed E-state index contributed by atoms with van der Waals surface area (Å²) in [5.41, 5.74) is 6.56. The first-order valence-electron chi connectivity index (χ1n) is 6.71. The number of likely N-dealkylation sites (tertiary alicyclic amines) is 1. The van der Waals surface area contributed by atoms with Crippen LogP contribution in [-0.2, 0) is 18.4 Å². The molecule has 0 radical (unpaired) electrons. The second-order valence-corrected chi connectivity index (χ2v) is 6.70. The summed E-state index contributed by atoms with van der Waals surface area (Å²) in [5, 5.41) is 4.23. The zero-order chi connectivity index (χ0) is 13.6. The Morgan fingerprint density at radius 1 is 1.68 bits per heavy atom. The van der Waals surface area contributed by atoms with Crippen molar-refractivity contribution in [1.29, 1.82) is 0 Å². The van der Waals surface area contributed by atoms with E-state index in [2.05, 4.69) is 25.9 Å². The third kappa shape index (κ3) is 2.01. The van der Waals surface area contributed by atoms with Crippen molar-refractivity contribution in [3.8, 4) is 0 Å². The molecule has 0 spiro atoms. The molecule has 6 heteroatoms. The molecule has 104 valence electrons. The molecule has 2 heterocycles. The van der Waals surface area contributed by atoms with E-state index in [1.54, 1.807) is 0 Å². The van der Waals surface area contributed by atoms with Gasteiger partial charge in [0.15, 0.2) is 0 Å². The molecule has 1 saturated carbocycles. The molecule has 1 amide bonds. The molecule has 1 saturated heterocycles. The molecule has 5 nitrogen and oxygen atoms in total. The van der Waals surface area contributed by atoms with E-state index < -0.39 is 0 Å². The third-order valence-corrected chi connectivity index (χ3v) is 5.48. The summed E-state index contributed by atoms with van der Waals surface area (Å²) in [5.74, 6) is 0.332. The average Bonchev–Trinajstić information content (AvgIpc) is 2.97. The van der Waals surface area contributed by atoms with Crippen LogP contribution in [0.15, 0.2) is 10.7 Å². The van der Waals surface area contributed by atoms with Crippen LogP contribution in [0.5, 0.6) is 0 Å². The number of aromatic nitrogens is 2. The van der Waals surface area contributed by atoms with Crippen LogP contribution in [0.25, 0.3) is 0 Å². The Bertz CT molecular complexity index is 495. The maximum atomic E-state index is 11.9. The van der Waals surface area contributed by atoms with Gasteiger partial charge < -0.3 is 5.73 Å². The quantitative estimate of drug-likeness (QED) is 0.909. The van der Waals surface area contributed by atoms with Gasteiger partial charge in [-0.25, -0.2) is 0 Å². The fourth-order valence-electron chi connectivity index (χ4n) is 3.74. The van der Waals surface area contributed by atoms with Crippen molar-refractivity contribution in [2.75, 3.05) is 13.1 Å². The maximum Gasteiger partial charge on any atom is 0.225 e. The molecule has 0 bridgehead atoms. The molecule has 1 aromatic heterocycles. The SMILES string of the molecule is Cn1ncc(Br)c1CN1C[C@@H]2CCC[C@]2(C(N)=O)C1. The molecule has 1 aliphatic heterocycles. The summed E-state index contributed by atoms with van der Waals surface area (Å²) in [6, 6.07) is 0. The number of aryl methyl sites for hydroxylation is 1. The molecule has 2 atom stereocenters. The van der Waals surface area contributed by atoms with Gasteiger partial charge in [0, 0.05) is 26.7 Å². The zero-order valence-corrected chi connectivity index (χ0v) is 12.7. The van der Waals surface area contributed by atoms with Crippen molar-refractivity contribution in [3.63, 3.8) is 0 Å². The second-order valence-electron chi connectivity index (χ2n) is 5.84. The molecule has 3 rings (SSSR count). The molecule has 2 N–H and O–H groups in total. The van der Waals surface area contributed by atoms with Crippen molar-refractivity contribution in [1.82, 2.24) is 14.7 Å². The number of carbonyl (C=O) groups excluding carboxylic acids is 1. The van der Waals surface area contributed by atoms with Crippen LogP contribution in [-0.4, -0.2) is 33.7 Å². The third-order valence-electron chi connectivity index (χ3n) is 4.82. The van der Waals surface area contributed by atoms with Gasteiger partial charge >= 0.3 is 0 Å².